The number of rotatable bonds is 9. The summed E-state index contributed by atoms with van der Waals surface area (Å²) in [5.41, 5.74) is 4.29. The molecule has 9 nitrogen and oxygen atoms in total. The van der Waals surface area contributed by atoms with Crippen molar-refractivity contribution in [1.82, 2.24) is 19.7 Å². The van der Waals surface area contributed by atoms with Crippen LogP contribution in [-0.4, -0.2) is 39.4 Å². The van der Waals surface area contributed by atoms with Gasteiger partial charge in [0.15, 0.2) is 0 Å². The maximum Gasteiger partial charge on any atom is 0.348 e. The number of methoxy groups -OCH3 is 1. The molecule has 0 amide bonds. The molecule has 0 aliphatic rings. The van der Waals surface area contributed by atoms with Gasteiger partial charge in [0.2, 0.25) is 11.7 Å². The van der Waals surface area contributed by atoms with Crippen molar-refractivity contribution in [3.05, 3.63) is 83.3 Å². The Kier molecular flexibility index (Phi) is 7.56. The van der Waals surface area contributed by atoms with E-state index in [4.69, 9.17) is 14.0 Å². The molecule has 3 heterocycles. The van der Waals surface area contributed by atoms with E-state index in [-0.39, 0.29) is 12.2 Å². The van der Waals surface area contributed by atoms with Gasteiger partial charge in [0.1, 0.15) is 17.4 Å². The minimum absolute atomic E-state index is 0.0679. The summed E-state index contributed by atoms with van der Waals surface area (Å²) < 4.78 is 17.8. The molecule has 0 aliphatic carbocycles. The van der Waals surface area contributed by atoms with Crippen molar-refractivity contribution in [3.63, 3.8) is 0 Å². The fraction of sp³-hybridized carbons (Fsp3) is 0.222. The minimum atomic E-state index is -0.673. The molecule has 4 aromatic rings. The van der Waals surface area contributed by atoms with Gasteiger partial charge in [-0.25, -0.2) is 4.79 Å². The third-order valence-corrected chi connectivity index (χ3v) is 5.60. The van der Waals surface area contributed by atoms with E-state index < -0.39 is 5.97 Å². The molecule has 9 heteroatoms. The zero-order chi connectivity index (χ0) is 25.5. The molecule has 0 aliphatic heterocycles. The summed E-state index contributed by atoms with van der Waals surface area (Å²) in [6.45, 7) is 4.02. The van der Waals surface area contributed by atoms with Gasteiger partial charge >= 0.3 is 5.97 Å². The zero-order valence-electron chi connectivity index (χ0n) is 20.3. The highest BCUT2D eigenvalue weighted by molar-refractivity contribution is 5.98. The second-order valence-corrected chi connectivity index (χ2v) is 8.02. The summed E-state index contributed by atoms with van der Waals surface area (Å²) in [7, 11) is 1.62. The SMILES string of the molecule is COc1ccc(-n2c(C)cc(/C=C(\C#N)C(=O)OCCCc3nc(-c4cccnc4)no3)c2C)cc1. The average molecular weight is 484 g/mol. The third kappa shape index (κ3) is 5.50. The molecule has 0 saturated carbocycles. The number of ether oxygens (including phenoxy) is 2. The van der Waals surface area contributed by atoms with Crippen LogP contribution >= 0.6 is 0 Å². The molecule has 0 unspecified atom stereocenters. The molecule has 0 fully saturated rings. The lowest BCUT2D eigenvalue weighted by Crippen LogP contribution is -2.08. The molecule has 0 saturated heterocycles. The fourth-order valence-electron chi connectivity index (χ4n) is 3.79. The van der Waals surface area contributed by atoms with E-state index in [1.165, 1.54) is 0 Å². The Bertz CT molecular complexity index is 1410. The number of benzene rings is 1. The van der Waals surface area contributed by atoms with Crippen LogP contribution in [0.2, 0.25) is 0 Å². The Morgan fingerprint density at radius 3 is 2.72 bits per heavy atom. The average Bonchev–Trinajstić information content (AvgIpc) is 3.49. The quantitative estimate of drug-likeness (QED) is 0.146. The summed E-state index contributed by atoms with van der Waals surface area (Å²) >= 11 is 0. The highest BCUT2D eigenvalue weighted by Crippen LogP contribution is 2.24. The van der Waals surface area contributed by atoms with Crippen molar-refractivity contribution >= 4 is 12.0 Å². The van der Waals surface area contributed by atoms with Crippen LogP contribution in [-0.2, 0) is 16.0 Å². The predicted octanol–water partition coefficient (Wildman–Crippen LogP) is 4.63. The first-order valence-electron chi connectivity index (χ1n) is 11.4. The molecular weight excluding hydrogens is 458 g/mol. The monoisotopic (exact) mass is 483 g/mol. The van der Waals surface area contributed by atoms with Crippen LogP contribution in [0.5, 0.6) is 5.75 Å². The van der Waals surface area contributed by atoms with Crippen LogP contribution < -0.4 is 4.74 Å². The van der Waals surface area contributed by atoms with E-state index in [1.54, 1.807) is 31.6 Å². The van der Waals surface area contributed by atoms with Gasteiger partial charge in [0.25, 0.3) is 0 Å². The summed E-state index contributed by atoms with van der Waals surface area (Å²) in [4.78, 5) is 20.9. The number of nitrogens with zero attached hydrogens (tertiary/aromatic N) is 5. The van der Waals surface area contributed by atoms with Crippen LogP contribution in [0.3, 0.4) is 0 Å². The molecule has 0 spiro atoms. The van der Waals surface area contributed by atoms with Crippen molar-refractivity contribution in [2.75, 3.05) is 13.7 Å². The molecule has 0 radical (unpaired) electrons. The molecule has 36 heavy (non-hydrogen) atoms. The van der Waals surface area contributed by atoms with Crippen molar-refractivity contribution in [2.24, 2.45) is 0 Å². The standard InChI is InChI=1S/C27H25N5O4/c1-18-14-21(19(2)32(18)23-8-10-24(34-3)11-9-23)15-22(16-28)27(33)35-13-5-7-25-30-26(31-36-25)20-6-4-12-29-17-20/h4,6,8-12,14-15,17H,5,7,13H2,1-3H3/b22-15+. The number of nitriles is 1. The van der Waals surface area contributed by atoms with Crippen LogP contribution in [0.25, 0.3) is 23.2 Å². The van der Waals surface area contributed by atoms with Gasteiger partial charge in [0, 0.05) is 41.5 Å². The highest BCUT2D eigenvalue weighted by atomic mass is 16.5. The Morgan fingerprint density at radius 2 is 2.03 bits per heavy atom. The topological polar surface area (TPSA) is 116 Å². The molecule has 3 aromatic heterocycles. The Hall–Kier alpha value is -4.71. The first-order valence-corrected chi connectivity index (χ1v) is 11.4. The van der Waals surface area contributed by atoms with E-state index in [0.29, 0.717) is 24.6 Å². The first-order chi connectivity index (χ1) is 17.5. The van der Waals surface area contributed by atoms with E-state index in [2.05, 4.69) is 19.7 Å². The lowest BCUT2D eigenvalue weighted by Gasteiger charge is -2.10. The number of carbonyl (C=O) groups excluding carboxylic acids is 1. The Morgan fingerprint density at radius 1 is 1.22 bits per heavy atom. The maximum atomic E-state index is 12.5. The second kappa shape index (κ2) is 11.1. The largest absolute Gasteiger partial charge is 0.497 e. The Labute approximate surface area is 208 Å². The molecule has 0 N–H and O–H groups in total. The third-order valence-electron chi connectivity index (χ3n) is 5.60. The highest BCUT2D eigenvalue weighted by Gasteiger charge is 2.15. The van der Waals surface area contributed by atoms with Crippen LogP contribution in [0.15, 0.2) is 65.0 Å². The van der Waals surface area contributed by atoms with Crippen molar-refractivity contribution in [2.45, 2.75) is 26.7 Å². The number of aryl methyl sites for hydroxylation is 2. The van der Waals surface area contributed by atoms with Gasteiger partial charge in [-0.2, -0.15) is 10.2 Å². The van der Waals surface area contributed by atoms with E-state index in [1.807, 2.05) is 56.3 Å². The lowest BCUT2D eigenvalue weighted by atomic mass is 10.1. The van der Waals surface area contributed by atoms with E-state index in [9.17, 15) is 10.1 Å². The number of carbonyl (C=O) groups is 1. The van der Waals surface area contributed by atoms with Gasteiger partial charge in [-0.05, 0) is 74.4 Å². The molecule has 4 rings (SSSR count). The van der Waals surface area contributed by atoms with Crippen LogP contribution in [0.4, 0.5) is 0 Å². The molecule has 0 bridgehead atoms. The number of esters is 1. The lowest BCUT2D eigenvalue weighted by molar-refractivity contribution is -0.138. The van der Waals surface area contributed by atoms with Gasteiger partial charge in [-0.1, -0.05) is 5.16 Å². The molecule has 1 aromatic carbocycles. The number of hydrogen-bond acceptors (Lipinski definition) is 8. The fourth-order valence-corrected chi connectivity index (χ4v) is 3.79. The minimum Gasteiger partial charge on any atom is -0.497 e. The second-order valence-electron chi connectivity index (χ2n) is 8.02. The predicted molar refractivity (Wildman–Crippen MR) is 132 cm³/mol. The molecule has 182 valence electrons. The number of aromatic nitrogens is 4. The van der Waals surface area contributed by atoms with Gasteiger partial charge in [-0.15, -0.1) is 0 Å². The Balaban J connectivity index is 1.37. The smallest absolute Gasteiger partial charge is 0.348 e. The summed E-state index contributed by atoms with van der Waals surface area (Å²) in [6.07, 6.45) is 5.80. The first kappa shape index (κ1) is 24.4. The normalized spacial score (nSPS) is 11.2. The summed E-state index contributed by atoms with van der Waals surface area (Å²) in [6, 6.07) is 15.2. The number of pyridine rings is 1. The molecular formula is C27H25N5O4. The van der Waals surface area contributed by atoms with Gasteiger partial charge < -0.3 is 18.6 Å². The van der Waals surface area contributed by atoms with Gasteiger partial charge in [0.05, 0.1) is 13.7 Å². The maximum absolute atomic E-state index is 12.5. The number of hydrogen-bond donors (Lipinski definition) is 0. The zero-order valence-corrected chi connectivity index (χ0v) is 20.3. The van der Waals surface area contributed by atoms with Gasteiger partial charge in [-0.3, -0.25) is 4.98 Å². The van der Waals surface area contributed by atoms with Crippen molar-refractivity contribution in [3.8, 4) is 28.9 Å². The van der Waals surface area contributed by atoms with Crippen molar-refractivity contribution in [1.29, 1.82) is 5.26 Å². The van der Waals surface area contributed by atoms with Crippen LogP contribution in [0.1, 0.15) is 29.3 Å². The summed E-state index contributed by atoms with van der Waals surface area (Å²) in [5, 5.41) is 13.5. The van der Waals surface area contributed by atoms with E-state index >= 15 is 0 Å². The molecule has 0 atom stereocenters. The van der Waals surface area contributed by atoms with Crippen LogP contribution in [0, 0.1) is 25.2 Å². The summed E-state index contributed by atoms with van der Waals surface area (Å²) in [5.74, 6) is 0.987. The van der Waals surface area contributed by atoms with Crippen molar-refractivity contribution < 1.29 is 18.8 Å². The van der Waals surface area contributed by atoms with E-state index in [0.717, 1.165) is 34.0 Å².